The van der Waals surface area contributed by atoms with Crippen LogP contribution in [0.3, 0.4) is 0 Å². The molecular weight excluding hydrogens is 234 g/mol. The number of rotatable bonds is 3. The molecule has 0 aliphatic carbocycles. The Bertz CT molecular complexity index is 382. The first kappa shape index (κ1) is 13.8. The molecule has 1 fully saturated rings. The zero-order chi connectivity index (χ0) is 13.2. The van der Waals surface area contributed by atoms with Gasteiger partial charge >= 0.3 is 0 Å². The van der Waals surface area contributed by atoms with Gasteiger partial charge in [0.1, 0.15) is 14.1 Å². The fourth-order valence-electron chi connectivity index (χ4n) is 3.75. The Morgan fingerprint density at radius 3 is 2.39 bits per heavy atom. The van der Waals surface area contributed by atoms with E-state index in [2.05, 4.69) is 57.0 Å². The van der Waals surface area contributed by atoms with Gasteiger partial charge in [0.25, 0.3) is 0 Å². The molecule has 0 aromatic heterocycles. The number of hydrogen-bond acceptors (Lipinski definition) is 0. The van der Waals surface area contributed by atoms with Crippen LogP contribution in [0.4, 0.5) is 0 Å². The van der Waals surface area contributed by atoms with Gasteiger partial charge < -0.3 is 4.48 Å². The lowest BCUT2D eigenvalue weighted by Crippen LogP contribution is -2.57. The summed E-state index contributed by atoms with van der Waals surface area (Å²) in [5, 5.41) is 0. The van der Waals surface area contributed by atoms with Gasteiger partial charge in [0.05, 0.1) is 19.8 Å². The minimum Gasteiger partial charge on any atom is -0.323 e. The Hall–Kier alpha value is -0.603. The average Bonchev–Trinajstić information content (AvgIpc) is 2.27. The standard InChI is InChI=1S/C16H28NSi/c1-17(14-18(2,3)4)13-9-8-12-16(17)15-10-6-5-7-11-15/h5-7,10-11,16H,8-9,12-14H2,1-4H3/q+1. The molecule has 2 rings (SSSR count). The van der Waals surface area contributed by atoms with Crippen LogP contribution >= 0.6 is 0 Å². The molecule has 1 aromatic rings. The van der Waals surface area contributed by atoms with Crippen molar-refractivity contribution in [3.63, 3.8) is 0 Å². The van der Waals surface area contributed by atoms with E-state index in [1.54, 1.807) is 5.56 Å². The molecule has 1 aliphatic rings. The van der Waals surface area contributed by atoms with E-state index in [4.69, 9.17) is 0 Å². The van der Waals surface area contributed by atoms with Crippen LogP contribution < -0.4 is 0 Å². The Kier molecular flexibility index (Phi) is 3.98. The average molecular weight is 262 g/mol. The summed E-state index contributed by atoms with van der Waals surface area (Å²) in [6.45, 7) is 8.89. The number of nitrogens with zero attached hydrogens (tertiary/aromatic N) is 1. The van der Waals surface area contributed by atoms with Gasteiger partial charge in [-0.15, -0.1) is 0 Å². The number of piperidine rings is 1. The lowest BCUT2D eigenvalue weighted by molar-refractivity contribution is -0.935. The normalized spacial score (nSPS) is 29.2. The molecule has 100 valence electrons. The molecule has 1 nitrogen and oxygen atoms in total. The first-order chi connectivity index (χ1) is 8.41. The second-order valence-electron chi connectivity index (χ2n) is 7.34. The Morgan fingerprint density at radius 2 is 1.78 bits per heavy atom. The molecule has 0 bridgehead atoms. The minimum absolute atomic E-state index is 0.728. The summed E-state index contributed by atoms with van der Waals surface area (Å²) in [7, 11) is 1.48. The summed E-state index contributed by atoms with van der Waals surface area (Å²) < 4.78 is 1.28. The maximum absolute atomic E-state index is 2.51. The van der Waals surface area contributed by atoms with E-state index in [-0.39, 0.29) is 0 Å². The zero-order valence-electron chi connectivity index (χ0n) is 12.4. The van der Waals surface area contributed by atoms with Gasteiger partial charge in [0, 0.05) is 12.0 Å². The smallest absolute Gasteiger partial charge is 0.114 e. The topological polar surface area (TPSA) is 0 Å². The first-order valence-corrected chi connectivity index (χ1v) is 11.0. The van der Waals surface area contributed by atoms with Gasteiger partial charge in [-0.2, -0.15) is 0 Å². The highest BCUT2D eigenvalue weighted by Gasteiger charge is 2.39. The lowest BCUT2D eigenvalue weighted by Gasteiger charge is -2.47. The molecule has 18 heavy (non-hydrogen) atoms. The summed E-state index contributed by atoms with van der Waals surface area (Å²) >= 11 is 0. The van der Waals surface area contributed by atoms with E-state index in [1.807, 2.05) is 0 Å². The van der Waals surface area contributed by atoms with Gasteiger partial charge in [-0.25, -0.2) is 0 Å². The fourth-order valence-corrected chi connectivity index (χ4v) is 6.30. The number of hydrogen-bond donors (Lipinski definition) is 0. The van der Waals surface area contributed by atoms with Gasteiger partial charge in [-0.1, -0.05) is 50.0 Å². The fraction of sp³-hybridized carbons (Fsp3) is 0.625. The number of benzene rings is 1. The second kappa shape index (κ2) is 5.18. The molecule has 0 saturated carbocycles. The van der Waals surface area contributed by atoms with Crippen LogP contribution in [0.1, 0.15) is 30.9 Å². The van der Waals surface area contributed by atoms with Gasteiger partial charge in [-0.05, 0) is 12.8 Å². The van der Waals surface area contributed by atoms with Crippen LogP contribution in [-0.2, 0) is 0 Å². The molecule has 1 aromatic carbocycles. The SMILES string of the molecule is C[N+]1(C[Si](C)(C)C)CCCCC1c1ccccc1. The van der Waals surface area contributed by atoms with Crippen LogP contribution in [-0.4, -0.2) is 32.3 Å². The summed E-state index contributed by atoms with van der Waals surface area (Å²) in [4.78, 5) is 0. The number of quaternary nitrogens is 1. The summed E-state index contributed by atoms with van der Waals surface area (Å²) in [5.41, 5.74) is 1.55. The van der Waals surface area contributed by atoms with Gasteiger partial charge in [0.15, 0.2) is 0 Å². The van der Waals surface area contributed by atoms with Crippen molar-refractivity contribution < 1.29 is 4.48 Å². The van der Waals surface area contributed by atoms with E-state index in [0.29, 0.717) is 0 Å². The third-order valence-corrected chi connectivity index (χ3v) is 5.84. The van der Waals surface area contributed by atoms with E-state index < -0.39 is 8.07 Å². The third kappa shape index (κ3) is 3.24. The highest BCUT2D eigenvalue weighted by atomic mass is 28.3. The van der Waals surface area contributed by atoms with E-state index >= 15 is 0 Å². The molecule has 2 heteroatoms. The van der Waals surface area contributed by atoms with Crippen molar-refractivity contribution in [1.29, 1.82) is 0 Å². The predicted molar refractivity (Wildman–Crippen MR) is 82.3 cm³/mol. The third-order valence-electron chi connectivity index (χ3n) is 4.17. The van der Waals surface area contributed by atoms with Crippen LogP contribution in [0.5, 0.6) is 0 Å². The second-order valence-corrected chi connectivity index (χ2v) is 12.8. The first-order valence-electron chi connectivity index (χ1n) is 7.30. The molecule has 0 radical (unpaired) electrons. The van der Waals surface area contributed by atoms with Crippen molar-refractivity contribution in [3.8, 4) is 0 Å². The molecule has 2 unspecified atom stereocenters. The van der Waals surface area contributed by atoms with Crippen molar-refractivity contribution in [2.24, 2.45) is 0 Å². The summed E-state index contributed by atoms with van der Waals surface area (Å²) in [6.07, 6.45) is 5.58. The van der Waals surface area contributed by atoms with Crippen molar-refractivity contribution in [3.05, 3.63) is 35.9 Å². The molecule has 0 N–H and O–H groups in total. The Balaban J connectivity index is 2.26. The number of likely N-dealkylation sites (tertiary alicyclic amines) is 1. The molecular formula is C16H28NSi+. The van der Waals surface area contributed by atoms with Crippen molar-refractivity contribution >= 4 is 8.07 Å². The van der Waals surface area contributed by atoms with Crippen LogP contribution in [0.25, 0.3) is 0 Å². The molecule has 0 amide bonds. The van der Waals surface area contributed by atoms with Gasteiger partial charge in [-0.3, -0.25) is 0 Å². The largest absolute Gasteiger partial charge is 0.323 e. The quantitative estimate of drug-likeness (QED) is 0.565. The maximum atomic E-state index is 2.51. The molecule has 2 atom stereocenters. The van der Waals surface area contributed by atoms with Gasteiger partial charge in [0.2, 0.25) is 0 Å². The van der Waals surface area contributed by atoms with Crippen LogP contribution in [0, 0.1) is 0 Å². The predicted octanol–water partition coefficient (Wildman–Crippen LogP) is 4.24. The van der Waals surface area contributed by atoms with E-state index in [9.17, 15) is 0 Å². The van der Waals surface area contributed by atoms with Crippen molar-refractivity contribution in [2.75, 3.05) is 19.8 Å². The maximum Gasteiger partial charge on any atom is 0.114 e. The minimum atomic E-state index is -1.02. The highest BCUT2D eigenvalue weighted by Crippen LogP contribution is 2.37. The Labute approximate surface area is 113 Å². The molecule has 1 saturated heterocycles. The van der Waals surface area contributed by atoms with E-state index in [0.717, 1.165) is 6.04 Å². The zero-order valence-corrected chi connectivity index (χ0v) is 13.4. The molecule has 1 aliphatic heterocycles. The van der Waals surface area contributed by atoms with E-state index in [1.165, 1.54) is 36.5 Å². The van der Waals surface area contributed by atoms with Crippen molar-refractivity contribution in [2.45, 2.75) is 44.9 Å². The summed E-state index contributed by atoms with van der Waals surface area (Å²) in [5.74, 6) is 0. The molecule has 1 heterocycles. The lowest BCUT2D eigenvalue weighted by atomic mass is 9.94. The van der Waals surface area contributed by atoms with Crippen molar-refractivity contribution in [1.82, 2.24) is 0 Å². The molecule has 0 spiro atoms. The highest BCUT2D eigenvalue weighted by molar-refractivity contribution is 6.76. The monoisotopic (exact) mass is 262 g/mol. The summed E-state index contributed by atoms with van der Waals surface area (Å²) in [6, 6.07) is 11.9. The van der Waals surface area contributed by atoms with Crippen LogP contribution in [0.2, 0.25) is 19.6 Å². The Morgan fingerprint density at radius 1 is 1.11 bits per heavy atom. The van der Waals surface area contributed by atoms with Crippen LogP contribution in [0.15, 0.2) is 30.3 Å².